The molecule has 2 rings (SSSR count). The van der Waals surface area contributed by atoms with Gasteiger partial charge in [-0.25, -0.2) is 0 Å². The molecule has 19 heavy (non-hydrogen) atoms. The smallest absolute Gasteiger partial charge is 0.144 e. The second kappa shape index (κ2) is 5.09. The van der Waals surface area contributed by atoms with Crippen LogP contribution in [0.5, 0.6) is 5.75 Å². The van der Waals surface area contributed by atoms with Gasteiger partial charge in [-0.1, -0.05) is 0 Å². The Bertz CT molecular complexity index is 432. The third-order valence-corrected chi connectivity index (χ3v) is 4.28. The number of aliphatic hydroxyl groups is 3. The van der Waals surface area contributed by atoms with Crippen LogP contribution in [0.1, 0.15) is 11.6 Å². The zero-order valence-corrected chi connectivity index (χ0v) is 11.5. The fraction of sp³-hybridized carbons (Fsp3) is 0.571. The van der Waals surface area contributed by atoms with Crippen molar-refractivity contribution in [2.24, 2.45) is 0 Å². The second-order valence-electron chi connectivity index (χ2n) is 5.58. The summed E-state index contributed by atoms with van der Waals surface area (Å²) < 4.78 is 5.47. The van der Waals surface area contributed by atoms with Crippen LogP contribution < -0.4 is 4.74 Å². The molecule has 5 nitrogen and oxygen atoms in total. The number of likely N-dealkylation sites (tertiary alicyclic amines) is 1. The maximum absolute atomic E-state index is 10.3. The van der Waals surface area contributed by atoms with Crippen molar-refractivity contribution < 1.29 is 24.5 Å². The quantitative estimate of drug-likeness (QED) is 0.670. The molecule has 1 fully saturated rings. The van der Waals surface area contributed by atoms with E-state index in [0.29, 0.717) is 4.48 Å². The lowest BCUT2D eigenvalue weighted by molar-refractivity contribution is -0.934. The normalized spacial score (nSPS) is 33.4. The fourth-order valence-corrected chi connectivity index (χ4v) is 3.11. The molecule has 0 unspecified atom stereocenters. The molecule has 0 saturated carbocycles. The molecule has 5 heteroatoms. The number of benzene rings is 1. The molecule has 0 spiro atoms. The Kier molecular flexibility index (Phi) is 3.82. The molecule has 0 bridgehead atoms. The van der Waals surface area contributed by atoms with Gasteiger partial charge in [-0.3, -0.25) is 0 Å². The Morgan fingerprint density at radius 2 is 1.68 bits per heavy atom. The van der Waals surface area contributed by atoms with E-state index >= 15 is 0 Å². The van der Waals surface area contributed by atoms with Gasteiger partial charge in [0.1, 0.15) is 30.0 Å². The largest absolute Gasteiger partial charge is 0.497 e. The number of ether oxygens (including phenoxy) is 1. The number of rotatable bonds is 3. The number of quaternary nitrogens is 1. The molecular formula is C14H22NO4+. The number of hydrogen-bond acceptors (Lipinski definition) is 4. The molecule has 1 saturated heterocycles. The Hall–Kier alpha value is -1.14. The SMILES string of the molecule is COc1ccc([C@H]2[C@H](O)[C@@H](O)[C@H](CO)[N+]2(C)C)cc1. The van der Waals surface area contributed by atoms with E-state index in [-0.39, 0.29) is 18.7 Å². The fourth-order valence-electron chi connectivity index (χ4n) is 3.11. The van der Waals surface area contributed by atoms with Crippen molar-refractivity contribution in [2.45, 2.75) is 24.3 Å². The summed E-state index contributed by atoms with van der Waals surface area (Å²) >= 11 is 0. The molecule has 0 radical (unpaired) electrons. The lowest BCUT2D eigenvalue weighted by Gasteiger charge is -2.37. The van der Waals surface area contributed by atoms with Crippen LogP contribution in [0.4, 0.5) is 0 Å². The van der Waals surface area contributed by atoms with Gasteiger partial charge in [-0.2, -0.15) is 0 Å². The molecular weight excluding hydrogens is 246 g/mol. The first-order valence-electron chi connectivity index (χ1n) is 6.37. The monoisotopic (exact) mass is 268 g/mol. The molecule has 0 aliphatic carbocycles. The minimum atomic E-state index is -0.924. The van der Waals surface area contributed by atoms with Crippen LogP contribution in [-0.4, -0.2) is 65.9 Å². The van der Waals surface area contributed by atoms with Crippen molar-refractivity contribution in [3.05, 3.63) is 29.8 Å². The zero-order valence-electron chi connectivity index (χ0n) is 11.5. The number of nitrogens with zero attached hydrogens (tertiary/aromatic N) is 1. The molecule has 1 aromatic carbocycles. The van der Waals surface area contributed by atoms with Crippen LogP contribution in [0.3, 0.4) is 0 Å². The highest BCUT2D eigenvalue weighted by molar-refractivity contribution is 5.29. The lowest BCUT2D eigenvalue weighted by Crippen LogP contribution is -2.50. The number of hydrogen-bond donors (Lipinski definition) is 3. The average Bonchev–Trinajstić information content (AvgIpc) is 2.56. The maximum atomic E-state index is 10.3. The highest BCUT2D eigenvalue weighted by Gasteiger charge is 2.56. The first kappa shape index (κ1) is 14.3. The van der Waals surface area contributed by atoms with E-state index in [2.05, 4.69) is 0 Å². The van der Waals surface area contributed by atoms with Crippen molar-refractivity contribution in [3.63, 3.8) is 0 Å². The Morgan fingerprint density at radius 3 is 2.11 bits per heavy atom. The minimum absolute atomic E-state index is 0.155. The predicted octanol–water partition coefficient (Wildman–Crippen LogP) is -0.0910. The second-order valence-corrected chi connectivity index (χ2v) is 5.58. The minimum Gasteiger partial charge on any atom is -0.497 e. The maximum Gasteiger partial charge on any atom is 0.144 e. The highest BCUT2D eigenvalue weighted by Crippen LogP contribution is 2.41. The average molecular weight is 268 g/mol. The highest BCUT2D eigenvalue weighted by atomic mass is 16.5. The van der Waals surface area contributed by atoms with Crippen LogP contribution in [0, 0.1) is 0 Å². The van der Waals surface area contributed by atoms with Gasteiger partial charge in [0.25, 0.3) is 0 Å². The van der Waals surface area contributed by atoms with Crippen molar-refractivity contribution >= 4 is 0 Å². The van der Waals surface area contributed by atoms with E-state index in [1.807, 2.05) is 38.4 Å². The third kappa shape index (κ3) is 2.23. The van der Waals surface area contributed by atoms with Gasteiger partial charge in [0.05, 0.1) is 27.8 Å². The number of methoxy groups -OCH3 is 1. The molecule has 1 heterocycles. The number of aliphatic hydroxyl groups excluding tert-OH is 3. The van der Waals surface area contributed by atoms with E-state index in [9.17, 15) is 15.3 Å². The molecule has 1 aliphatic heterocycles. The van der Waals surface area contributed by atoms with Crippen molar-refractivity contribution in [1.82, 2.24) is 0 Å². The summed E-state index contributed by atoms with van der Waals surface area (Å²) in [6, 6.07) is 6.79. The van der Waals surface area contributed by atoms with Crippen molar-refractivity contribution in [1.29, 1.82) is 0 Å². The summed E-state index contributed by atoms with van der Waals surface area (Å²) in [6.45, 7) is -0.155. The molecule has 0 amide bonds. The third-order valence-electron chi connectivity index (χ3n) is 4.28. The molecule has 106 valence electrons. The Morgan fingerprint density at radius 1 is 1.11 bits per heavy atom. The van der Waals surface area contributed by atoms with Gasteiger partial charge in [0.2, 0.25) is 0 Å². The Balaban J connectivity index is 2.36. The van der Waals surface area contributed by atoms with Crippen LogP contribution in [0.2, 0.25) is 0 Å². The predicted molar refractivity (Wildman–Crippen MR) is 70.7 cm³/mol. The van der Waals surface area contributed by atoms with Crippen LogP contribution in [0.25, 0.3) is 0 Å². The molecule has 0 aromatic heterocycles. The van der Waals surface area contributed by atoms with Gasteiger partial charge >= 0.3 is 0 Å². The van der Waals surface area contributed by atoms with E-state index in [1.54, 1.807) is 7.11 Å². The topological polar surface area (TPSA) is 69.9 Å². The Labute approximate surface area is 113 Å². The molecule has 4 atom stereocenters. The van der Waals surface area contributed by atoms with Gasteiger partial charge in [-0.15, -0.1) is 0 Å². The molecule has 3 N–H and O–H groups in total. The van der Waals surface area contributed by atoms with E-state index in [4.69, 9.17) is 4.74 Å². The summed E-state index contributed by atoms with van der Waals surface area (Å²) in [7, 11) is 5.43. The van der Waals surface area contributed by atoms with Crippen LogP contribution in [0.15, 0.2) is 24.3 Å². The van der Waals surface area contributed by atoms with Crippen LogP contribution >= 0.6 is 0 Å². The molecule has 1 aliphatic rings. The molecule has 1 aromatic rings. The summed E-state index contributed by atoms with van der Waals surface area (Å²) in [6.07, 6.45) is -1.81. The summed E-state index contributed by atoms with van der Waals surface area (Å²) in [4.78, 5) is 0. The summed E-state index contributed by atoms with van der Waals surface area (Å²) in [5.41, 5.74) is 0.924. The van der Waals surface area contributed by atoms with Crippen molar-refractivity contribution in [3.8, 4) is 5.75 Å². The first-order valence-corrected chi connectivity index (χ1v) is 6.37. The lowest BCUT2D eigenvalue weighted by atomic mass is 10.0. The van der Waals surface area contributed by atoms with Gasteiger partial charge in [-0.05, 0) is 24.3 Å². The van der Waals surface area contributed by atoms with E-state index < -0.39 is 12.2 Å². The standard InChI is InChI=1S/C14H22NO4/c1-15(2)11(8-16)13(17)14(18)12(15)9-4-6-10(19-3)7-5-9/h4-7,11-14,16-18H,8H2,1-3H3/q+1/t11-,12-,13-,14-/m0/s1. The van der Waals surface area contributed by atoms with Gasteiger partial charge < -0.3 is 24.5 Å². The first-order chi connectivity index (χ1) is 8.93. The van der Waals surface area contributed by atoms with E-state index in [0.717, 1.165) is 11.3 Å². The summed E-state index contributed by atoms with van der Waals surface area (Å²) in [5.74, 6) is 0.751. The van der Waals surface area contributed by atoms with Gasteiger partial charge in [0.15, 0.2) is 0 Å². The summed E-state index contributed by atoms with van der Waals surface area (Å²) in [5, 5.41) is 29.8. The number of likely N-dealkylation sites (N-methyl/N-ethyl adjacent to an activating group) is 1. The van der Waals surface area contributed by atoms with E-state index in [1.165, 1.54) is 0 Å². The van der Waals surface area contributed by atoms with Crippen molar-refractivity contribution in [2.75, 3.05) is 27.8 Å². The zero-order chi connectivity index (χ0) is 14.2. The van der Waals surface area contributed by atoms with Crippen LogP contribution in [-0.2, 0) is 0 Å². The van der Waals surface area contributed by atoms with Gasteiger partial charge in [0, 0.05) is 5.56 Å².